The lowest BCUT2D eigenvalue weighted by Crippen LogP contribution is -2.16. The molecule has 1 aliphatic heterocycles. The maximum Gasteiger partial charge on any atom is 0.120 e. The zero-order valence-electron chi connectivity index (χ0n) is 9.47. The molecule has 0 amide bonds. The smallest absolute Gasteiger partial charge is 0.120 e. The van der Waals surface area contributed by atoms with Crippen LogP contribution in [0.4, 0.5) is 0 Å². The number of aromatic amines is 1. The summed E-state index contributed by atoms with van der Waals surface area (Å²) in [5.41, 5.74) is 4.06. The summed E-state index contributed by atoms with van der Waals surface area (Å²) in [5, 5.41) is 4.77. The van der Waals surface area contributed by atoms with Crippen molar-refractivity contribution in [2.45, 2.75) is 12.8 Å². The van der Waals surface area contributed by atoms with Gasteiger partial charge in [-0.1, -0.05) is 0 Å². The number of benzene rings is 1. The minimum Gasteiger partial charge on any atom is -0.497 e. The lowest BCUT2D eigenvalue weighted by molar-refractivity contribution is 0.415. The van der Waals surface area contributed by atoms with Gasteiger partial charge in [-0.2, -0.15) is 0 Å². The van der Waals surface area contributed by atoms with E-state index in [0.29, 0.717) is 0 Å². The largest absolute Gasteiger partial charge is 0.497 e. The molecule has 3 rings (SSSR count). The lowest BCUT2D eigenvalue weighted by Gasteiger charge is -2.00. The number of hydrogen-bond acceptors (Lipinski definition) is 2. The zero-order chi connectivity index (χ0) is 11.0. The van der Waals surface area contributed by atoms with Crippen LogP contribution >= 0.6 is 0 Å². The number of rotatable bonds is 1. The Balaban J connectivity index is 2.17. The maximum atomic E-state index is 5.25. The number of nitrogens with one attached hydrogen (secondary N) is 2. The van der Waals surface area contributed by atoms with Crippen molar-refractivity contribution < 1.29 is 4.74 Å². The third-order valence-electron chi connectivity index (χ3n) is 3.31. The van der Waals surface area contributed by atoms with Gasteiger partial charge in [0.25, 0.3) is 0 Å². The van der Waals surface area contributed by atoms with Crippen molar-refractivity contribution in [3.8, 4) is 5.75 Å². The lowest BCUT2D eigenvalue weighted by atomic mass is 10.1. The summed E-state index contributed by atoms with van der Waals surface area (Å²) in [6.45, 7) is 2.14. The molecule has 2 aromatic rings. The van der Waals surface area contributed by atoms with Crippen LogP contribution in [-0.4, -0.2) is 25.2 Å². The number of aromatic nitrogens is 1. The molecule has 0 spiro atoms. The molecule has 1 aromatic carbocycles. The summed E-state index contributed by atoms with van der Waals surface area (Å²) in [7, 11) is 1.71. The van der Waals surface area contributed by atoms with Crippen molar-refractivity contribution in [2.24, 2.45) is 0 Å². The minimum atomic E-state index is 0.919. The van der Waals surface area contributed by atoms with Gasteiger partial charge < -0.3 is 15.0 Å². The fourth-order valence-electron chi connectivity index (χ4n) is 2.47. The predicted molar refractivity (Wildman–Crippen MR) is 65.1 cm³/mol. The van der Waals surface area contributed by atoms with Gasteiger partial charge in [-0.25, -0.2) is 0 Å². The Labute approximate surface area is 94.8 Å². The first kappa shape index (κ1) is 9.73. The summed E-state index contributed by atoms with van der Waals surface area (Å²) < 4.78 is 5.25. The molecule has 16 heavy (non-hydrogen) atoms. The molecule has 84 valence electrons. The summed E-state index contributed by atoms with van der Waals surface area (Å²) in [4.78, 5) is 3.51. The van der Waals surface area contributed by atoms with E-state index in [1.807, 2.05) is 6.07 Å². The van der Waals surface area contributed by atoms with Gasteiger partial charge >= 0.3 is 0 Å². The van der Waals surface area contributed by atoms with Crippen LogP contribution < -0.4 is 10.1 Å². The predicted octanol–water partition coefficient (Wildman–Crippen LogP) is 1.86. The first-order valence-electron chi connectivity index (χ1n) is 5.76. The molecule has 3 nitrogen and oxygen atoms in total. The second-order valence-electron chi connectivity index (χ2n) is 4.24. The fourth-order valence-corrected chi connectivity index (χ4v) is 2.47. The number of ether oxygens (including phenoxy) is 1. The third-order valence-corrected chi connectivity index (χ3v) is 3.31. The van der Waals surface area contributed by atoms with E-state index < -0.39 is 0 Å². The minimum absolute atomic E-state index is 0.919. The topological polar surface area (TPSA) is 37.0 Å². The molecule has 0 aliphatic carbocycles. The van der Waals surface area contributed by atoms with Crippen LogP contribution in [0.2, 0.25) is 0 Å². The van der Waals surface area contributed by atoms with Gasteiger partial charge in [-0.15, -0.1) is 0 Å². The molecule has 0 atom stereocenters. The van der Waals surface area contributed by atoms with Crippen LogP contribution in [0.25, 0.3) is 10.9 Å². The Morgan fingerprint density at radius 2 is 2.06 bits per heavy atom. The molecule has 0 saturated heterocycles. The highest BCUT2D eigenvalue weighted by Crippen LogP contribution is 2.27. The molecule has 3 heteroatoms. The second kappa shape index (κ2) is 3.83. The number of hydrogen-bond donors (Lipinski definition) is 2. The summed E-state index contributed by atoms with van der Waals surface area (Å²) in [6, 6.07) is 6.28. The average molecular weight is 216 g/mol. The Morgan fingerprint density at radius 3 is 2.94 bits per heavy atom. The van der Waals surface area contributed by atoms with E-state index in [0.717, 1.165) is 31.7 Å². The number of H-pyrrole nitrogens is 1. The van der Waals surface area contributed by atoms with Crippen LogP contribution in [0, 0.1) is 0 Å². The maximum absolute atomic E-state index is 5.25. The normalized spacial score (nSPS) is 15.8. The average Bonchev–Trinajstić information content (AvgIpc) is 2.50. The Hall–Kier alpha value is -1.48. The molecule has 1 aliphatic rings. The molecule has 2 N–H and O–H groups in total. The van der Waals surface area contributed by atoms with E-state index >= 15 is 0 Å². The molecule has 0 unspecified atom stereocenters. The van der Waals surface area contributed by atoms with Crippen molar-refractivity contribution in [3.63, 3.8) is 0 Å². The first-order chi connectivity index (χ1) is 7.88. The van der Waals surface area contributed by atoms with E-state index in [1.165, 1.54) is 22.2 Å². The van der Waals surface area contributed by atoms with Crippen LogP contribution in [0.1, 0.15) is 11.3 Å². The summed E-state index contributed by atoms with van der Waals surface area (Å²) in [6.07, 6.45) is 2.20. The summed E-state index contributed by atoms with van der Waals surface area (Å²) in [5.74, 6) is 0.919. The molecule has 0 saturated carbocycles. The second-order valence-corrected chi connectivity index (χ2v) is 4.24. The van der Waals surface area contributed by atoms with E-state index in [1.54, 1.807) is 7.11 Å². The molecular weight excluding hydrogens is 200 g/mol. The van der Waals surface area contributed by atoms with Crippen LogP contribution in [0.5, 0.6) is 5.75 Å². The number of methoxy groups -OCH3 is 1. The highest BCUT2D eigenvalue weighted by atomic mass is 16.5. The van der Waals surface area contributed by atoms with E-state index in [2.05, 4.69) is 22.4 Å². The van der Waals surface area contributed by atoms with Gasteiger partial charge in [0.2, 0.25) is 0 Å². The molecule has 2 heterocycles. The standard InChI is InChI=1S/C13H16N2O/c1-16-9-2-3-10-11-4-6-14-7-5-12(11)15-13(10)8-9/h2-3,8,14-15H,4-7H2,1H3. The van der Waals surface area contributed by atoms with E-state index in [-0.39, 0.29) is 0 Å². The van der Waals surface area contributed by atoms with Gasteiger partial charge in [0.15, 0.2) is 0 Å². The van der Waals surface area contributed by atoms with Crippen molar-refractivity contribution in [3.05, 3.63) is 29.5 Å². The Kier molecular flexibility index (Phi) is 2.33. The molecule has 1 aromatic heterocycles. The zero-order valence-corrected chi connectivity index (χ0v) is 9.47. The Bertz CT molecular complexity index is 516. The Morgan fingerprint density at radius 1 is 1.19 bits per heavy atom. The van der Waals surface area contributed by atoms with Crippen LogP contribution in [0.3, 0.4) is 0 Å². The summed E-state index contributed by atoms with van der Waals surface area (Å²) >= 11 is 0. The van der Waals surface area contributed by atoms with Gasteiger partial charge in [-0.3, -0.25) is 0 Å². The highest BCUT2D eigenvalue weighted by Gasteiger charge is 2.13. The third kappa shape index (κ3) is 1.48. The van der Waals surface area contributed by atoms with Crippen molar-refractivity contribution in [2.75, 3.05) is 20.2 Å². The van der Waals surface area contributed by atoms with Gasteiger partial charge in [0.1, 0.15) is 5.75 Å². The van der Waals surface area contributed by atoms with Crippen molar-refractivity contribution in [1.29, 1.82) is 0 Å². The molecular formula is C13H16N2O. The van der Waals surface area contributed by atoms with Gasteiger partial charge in [0, 0.05) is 35.6 Å². The first-order valence-corrected chi connectivity index (χ1v) is 5.76. The van der Waals surface area contributed by atoms with Crippen molar-refractivity contribution in [1.82, 2.24) is 10.3 Å². The van der Waals surface area contributed by atoms with E-state index in [9.17, 15) is 0 Å². The number of fused-ring (bicyclic) bond motifs is 3. The van der Waals surface area contributed by atoms with Crippen molar-refractivity contribution >= 4 is 10.9 Å². The highest BCUT2D eigenvalue weighted by molar-refractivity contribution is 5.86. The molecule has 0 bridgehead atoms. The monoisotopic (exact) mass is 216 g/mol. The van der Waals surface area contributed by atoms with Crippen LogP contribution in [0.15, 0.2) is 18.2 Å². The van der Waals surface area contributed by atoms with Gasteiger partial charge in [-0.05, 0) is 30.7 Å². The van der Waals surface area contributed by atoms with Crippen LogP contribution in [-0.2, 0) is 12.8 Å². The quantitative estimate of drug-likeness (QED) is 0.763. The molecule has 0 radical (unpaired) electrons. The fraction of sp³-hybridized carbons (Fsp3) is 0.385. The van der Waals surface area contributed by atoms with Gasteiger partial charge in [0.05, 0.1) is 7.11 Å². The SMILES string of the molecule is COc1ccc2c3c([nH]c2c1)CCNCC3. The van der Waals surface area contributed by atoms with E-state index in [4.69, 9.17) is 4.74 Å². The molecule has 0 fully saturated rings.